The van der Waals surface area contributed by atoms with Crippen LogP contribution in [0, 0.1) is 5.92 Å². The van der Waals surface area contributed by atoms with E-state index in [1.807, 2.05) is 0 Å². The topological polar surface area (TPSA) is 78.8 Å². The van der Waals surface area contributed by atoms with Gasteiger partial charge in [0, 0.05) is 38.2 Å². The van der Waals surface area contributed by atoms with E-state index in [1.54, 1.807) is 0 Å². The summed E-state index contributed by atoms with van der Waals surface area (Å²) in [4.78, 5) is 25.1. The van der Waals surface area contributed by atoms with Crippen molar-refractivity contribution in [3.8, 4) is 0 Å². The van der Waals surface area contributed by atoms with Crippen molar-refractivity contribution in [1.82, 2.24) is 9.97 Å². The summed E-state index contributed by atoms with van der Waals surface area (Å²) < 4.78 is 5.42. The average molecular weight is 318 g/mol. The summed E-state index contributed by atoms with van der Waals surface area (Å²) in [5, 5.41) is 9.19. The molecule has 0 radical (unpaired) electrons. The zero-order chi connectivity index (χ0) is 15.8. The second-order valence-electron chi connectivity index (χ2n) is 6.52. The van der Waals surface area contributed by atoms with Crippen LogP contribution in [0.15, 0.2) is 6.07 Å². The Balaban J connectivity index is 1.64. The van der Waals surface area contributed by atoms with Crippen LogP contribution in [0.25, 0.3) is 0 Å². The van der Waals surface area contributed by atoms with Crippen LogP contribution in [-0.2, 0) is 9.53 Å². The van der Waals surface area contributed by atoms with E-state index in [0.717, 1.165) is 37.8 Å². The molecule has 1 aromatic heterocycles. The molecule has 1 saturated carbocycles. The summed E-state index contributed by atoms with van der Waals surface area (Å²) in [5.41, 5.74) is 0. The second-order valence-corrected chi connectivity index (χ2v) is 6.52. The third-order valence-electron chi connectivity index (χ3n) is 4.92. The Morgan fingerprint density at radius 3 is 2.26 bits per heavy atom. The first kappa shape index (κ1) is 14.7. The number of hydrogen-bond acceptors (Lipinski definition) is 6. The molecule has 2 unspecified atom stereocenters. The molecule has 0 amide bonds. The van der Waals surface area contributed by atoms with Crippen molar-refractivity contribution in [2.45, 2.75) is 25.2 Å². The van der Waals surface area contributed by atoms with Gasteiger partial charge in [-0.25, -0.2) is 9.97 Å². The number of aromatic nitrogens is 2. The molecule has 3 aliphatic rings. The Bertz CT molecular complexity index is 597. The summed E-state index contributed by atoms with van der Waals surface area (Å²) in [6.45, 7) is 5.10. The van der Waals surface area contributed by atoms with Gasteiger partial charge < -0.3 is 19.6 Å². The van der Waals surface area contributed by atoms with E-state index < -0.39 is 5.97 Å². The molecule has 0 spiro atoms. The molecular weight excluding hydrogens is 296 g/mol. The largest absolute Gasteiger partial charge is 0.481 e. The van der Waals surface area contributed by atoms with Crippen LogP contribution < -0.4 is 9.80 Å². The number of ether oxygens (including phenoxy) is 1. The van der Waals surface area contributed by atoms with Crippen molar-refractivity contribution in [2.75, 3.05) is 49.2 Å². The van der Waals surface area contributed by atoms with Gasteiger partial charge in [-0.1, -0.05) is 0 Å². The predicted molar refractivity (Wildman–Crippen MR) is 85.0 cm³/mol. The smallest absolute Gasteiger partial charge is 0.307 e. The highest BCUT2D eigenvalue weighted by atomic mass is 16.5. The fourth-order valence-electron chi connectivity index (χ4n) is 3.42. The SMILES string of the molecule is O=C(O)C1CC1c1nc(N2CCCC2)cc(N2CCOCC2)n1. The first-order valence-electron chi connectivity index (χ1n) is 8.42. The summed E-state index contributed by atoms with van der Waals surface area (Å²) in [7, 11) is 0. The summed E-state index contributed by atoms with van der Waals surface area (Å²) in [6, 6.07) is 2.05. The van der Waals surface area contributed by atoms with E-state index in [4.69, 9.17) is 14.7 Å². The highest BCUT2D eigenvalue weighted by Gasteiger charge is 2.46. The van der Waals surface area contributed by atoms with Gasteiger partial charge in [-0.05, 0) is 19.3 Å². The molecule has 7 heteroatoms. The summed E-state index contributed by atoms with van der Waals surface area (Å²) in [6.07, 6.45) is 3.03. The maximum Gasteiger partial charge on any atom is 0.307 e. The van der Waals surface area contributed by atoms with Gasteiger partial charge in [0.05, 0.1) is 19.1 Å². The van der Waals surface area contributed by atoms with Crippen LogP contribution in [0.3, 0.4) is 0 Å². The number of carbonyl (C=O) groups is 1. The maximum absolute atomic E-state index is 11.2. The third kappa shape index (κ3) is 2.97. The normalized spacial score (nSPS) is 27.3. The molecule has 7 nitrogen and oxygen atoms in total. The Morgan fingerprint density at radius 2 is 1.70 bits per heavy atom. The molecule has 2 saturated heterocycles. The lowest BCUT2D eigenvalue weighted by Crippen LogP contribution is -2.37. The van der Waals surface area contributed by atoms with Gasteiger partial charge in [-0.2, -0.15) is 0 Å². The van der Waals surface area contributed by atoms with Crippen molar-refractivity contribution in [2.24, 2.45) is 5.92 Å². The zero-order valence-corrected chi connectivity index (χ0v) is 13.1. The number of nitrogens with zero attached hydrogens (tertiary/aromatic N) is 4. The zero-order valence-electron chi connectivity index (χ0n) is 13.1. The first-order valence-corrected chi connectivity index (χ1v) is 8.42. The molecule has 3 heterocycles. The molecule has 1 N–H and O–H groups in total. The minimum absolute atomic E-state index is 0.0326. The molecule has 1 aromatic rings. The van der Waals surface area contributed by atoms with Gasteiger partial charge in [0.2, 0.25) is 0 Å². The molecular formula is C16H22N4O3. The van der Waals surface area contributed by atoms with E-state index in [0.29, 0.717) is 25.5 Å². The van der Waals surface area contributed by atoms with Gasteiger partial charge >= 0.3 is 5.97 Å². The van der Waals surface area contributed by atoms with Crippen LogP contribution in [0.5, 0.6) is 0 Å². The van der Waals surface area contributed by atoms with E-state index in [9.17, 15) is 9.90 Å². The number of morpholine rings is 1. The number of rotatable bonds is 4. The van der Waals surface area contributed by atoms with Crippen LogP contribution in [-0.4, -0.2) is 60.4 Å². The van der Waals surface area contributed by atoms with Gasteiger partial charge in [-0.15, -0.1) is 0 Å². The summed E-state index contributed by atoms with van der Waals surface area (Å²) >= 11 is 0. The van der Waals surface area contributed by atoms with E-state index in [-0.39, 0.29) is 11.8 Å². The Morgan fingerprint density at radius 1 is 1.09 bits per heavy atom. The average Bonchev–Trinajstić information content (AvgIpc) is 3.21. The first-order chi connectivity index (χ1) is 11.2. The monoisotopic (exact) mass is 318 g/mol. The van der Waals surface area contributed by atoms with Gasteiger partial charge in [0.15, 0.2) is 0 Å². The molecule has 4 rings (SSSR count). The van der Waals surface area contributed by atoms with Crippen LogP contribution in [0.1, 0.15) is 31.0 Å². The molecule has 0 bridgehead atoms. The number of carboxylic acid groups (broad SMARTS) is 1. The van der Waals surface area contributed by atoms with Crippen molar-refractivity contribution < 1.29 is 14.6 Å². The number of carboxylic acids is 1. The molecule has 2 atom stereocenters. The van der Waals surface area contributed by atoms with Gasteiger partial charge in [0.25, 0.3) is 0 Å². The quantitative estimate of drug-likeness (QED) is 0.890. The number of hydrogen-bond donors (Lipinski definition) is 1. The fraction of sp³-hybridized carbons (Fsp3) is 0.688. The highest BCUT2D eigenvalue weighted by Crippen LogP contribution is 2.47. The Kier molecular flexibility index (Phi) is 3.80. The van der Waals surface area contributed by atoms with Crippen molar-refractivity contribution in [3.05, 3.63) is 11.9 Å². The van der Waals surface area contributed by atoms with E-state index >= 15 is 0 Å². The second kappa shape index (κ2) is 5.96. The van der Waals surface area contributed by atoms with Crippen molar-refractivity contribution in [3.63, 3.8) is 0 Å². The van der Waals surface area contributed by atoms with Gasteiger partial charge in [0.1, 0.15) is 17.5 Å². The van der Waals surface area contributed by atoms with Gasteiger partial charge in [-0.3, -0.25) is 4.79 Å². The van der Waals surface area contributed by atoms with Crippen LogP contribution >= 0.6 is 0 Å². The molecule has 23 heavy (non-hydrogen) atoms. The predicted octanol–water partition coefficient (Wildman–Crippen LogP) is 1.10. The van der Waals surface area contributed by atoms with Crippen LogP contribution in [0.2, 0.25) is 0 Å². The molecule has 0 aromatic carbocycles. The molecule has 124 valence electrons. The van der Waals surface area contributed by atoms with E-state index in [1.165, 1.54) is 12.8 Å². The number of anilines is 2. The lowest BCUT2D eigenvalue weighted by molar-refractivity contribution is -0.138. The molecule has 2 aliphatic heterocycles. The lowest BCUT2D eigenvalue weighted by Gasteiger charge is -2.29. The lowest BCUT2D eigenvalue weighted by atomic mass is 10.3. The van der Waals surface area contributed by atoms with Crippen molar-refractivity contribution >= 4 is 17.6 Å². The highest BCUT2D eigenvalue weighted by molar-refractivity contribution is 5.75. The fourth-order valence-corrected chi connectivity index (χ4v) is 3.42. The summed E-state index contributed by atoms with van der Waals surface area (Å²) in [5.74, 6) is 1.47. The maximum atomic E-state index is 11.2. The minimum Gasteiger partial charge on any atom is -0.481 e. The van der Waals surface area contributed by atoms with Crippen LogP contribution in [0.4, 0.5) is 11.6 Å². The minimum atomic E-state index is -0.738. The standard InChI is InChI=1S/C16H22N4O3/c21-16(22)12-9-11(12)15-17-13(19-3-1-2-4-19)10-14(18-15)20-5-7-23-8-6-20/h10-12H,1-9H2,(H,21,22). The Labute approximate surface area is 135 Å². The molecule has 1 aliphatic carbocycles. The third-order valence-corrected chi connectivity index (χ3v) is 4.92. The van der Waals surface area contributed by atoms with Crippen molar-refractivity contribution in [1.29, 1.82) is 0 Å². The molecule has 3 fully saturated rings. The van der Waals surface area contributed by atoms with E-state index in [2.05, 4.69) is 15.9 Å². The number of aliphatic carboxylic acids is 1. The Hall–Kier alpha value is -1.89.